The summed E-state index contributed by atoms with van der Waals surface area (Å²) in [4.78, 5) is 13.8. The van der Waals surface area contributed by atoms with Crippen LogP contribution in [0.3, 0.4) is 0 Å². The Morgan fingerprint density at radius 1 is 1.56 bits per heavy atom. The van der Waals surface area contributed by atoms with Crippen LogP contribution in [-0.4, -0.2) is 41.9 Å². The SMILES string of the molecule is CCCSCC(=O)N1CCC(C)(CN)C1.Cl. The highest BCUT2D eigenvalue weighted by Gasteiger charge is 2.34. The number of amides is 1. The zero-order chi connectivity index (χ0) is 11.3. The number of nitrogens with zero attached hydrogens (tertiary/aromatic N) is 1. The first kappa shape index (κ1) is 16.1. The van der Waals surface area contributed by atoms with Crippen LogP contribution in [-0.2, 0) is 4.79 Å². The van der Waals surface area contributed by atoms with E-state index in [2.05, 4.69) is 13.8 Å². The van der Waals surface area contributed by atoms with Gasteiger partial charge in [-0.15, -0.1) is 12.4 Å². The fourth-order valence-corrected chi connectivity index (χ4v) is 2.59. The maximum Gasteiger partial charge on any atom is 0.232 e. The molecule has 3 nitrogen and oxygen atoms in total. The van der Waals surface area contributed by atoms with Crippen LogP contribution in [0.2, 0.25) is 0 Å². The average molecular weight is 267 g/mol. The highest BCUT2D eigenvalue weighted by molar-refractivity contribution is 7.99. The van der Waals surface area contributed by atoms with Crippen molar-refractivity contribution >= 4 is 30.1 Å². The number of thioether (sulfide) groups is 1. The van der Waals surface area contributed by atoms with Crippen LogP contribution in [0.25, 0.3) is 0 Å². The molecule has 0 radical (unpaired) electrons. The number of carbonyl (C=O) groups excluding carboxylic acids is 1. The van der Waals surface area contributed by atoms with Gasteiger partial charge in [-0.05, 0) is 30.6 Å². The number of halogens is 1. The number of nitrogens with two attached hydrogens (primary N) is 1. The van der Waals surface area contributed by atoms with Crippen molar-refractivity contribution < 1.29 is 4.79 Å². The third-order valence-corrected chi connectivity index (χ3v) is 4.13. The van der Waals surface area contributed by atoms with Gasteiger partial charge in [0.2, 0.25) is 5.91 Å². The van der Waals surface area contributed by atoms with Crippen molar-refractivity contribution in [2.45, 2.75) is 26.7 Å². The molecule has 0 aliphatic carbocycles. The monoisotopic (exact) mass is 266 g/mol. The van der Waals surface area contributed by atoms with E-state index in [-0.39, 0.29) is 23.7 Å². The lowest BCUT2D eigenvalue weighted by atomic mass is 9.90. The lowest BCUT2D eigenvalue weighted by Gasteiger charge is -2.22. The maximum atomic E-state index is 11.8. The molecule has 1 rings (SSSR count). The van der Waals surface area contributed by atoms with Crippen LogP contribution in [0.5, 0.6) is 0 Å². The smallest absolute Gasteiger partial charge is 0.232 e. The van der Waals surface area contributed by atoms with Crippen molar-refractivity contribution in [3.05, 3.63) is 0 Å². The average Bonchev–Trinajstić information content (AvgIpc) is 2.62. The third-order valence-electron chi connectivity index (χ3n) is 2.98. The number of hydrogen-bond acceptors (Lipinski definition) is 3. The van der Waals surface area contributed by atoms with Crippen LogP contribution >= 0.6 is 24.2 Å². The topological polar surface area (TPSA) is 46.3 Å². The molecule has 1 heterocycles. The molecule has 1 unspecified atom stereocenters. The molecule has 0 aromatic heterocycles. The van der Waals surface area contributed by atoms with Crippen molar-refractivity contribution in [2.24, 2.45) is 11.1 Å². The first-order valence-electron chi connectivity index (χ1n) is 5.67. The normalized spacial score (nSPS) is 24.3. The lowest BCUT2D eigenvalue weighted by Crippen LogP contribution is -2.35. The molecular formula is C11H23ClN2OS. The molecule has 0 aromatic carbocycles. The summed E-state index contributed by atoms with van der Waals surface area (Å²) in [5, 5.41) is 0. The number of likely N-dealkylation sites (tertiary alicyclic amines) is 1. The van der Waals surface area contributed by atoms with Crippen molar-refractivity contribution in [1.29, 1.82) is 0 Å². The molecular weight excluding hydrogens is 244 g/mol. The molecule has 16 heavy (non-hydrogen) atoms. The van der Waals surface area contributed by atoms with Crippen LogP contribution < -0.4 is 5.73 Å². The molecule has 96 valence electrons. The number of hydrogen-bond donors (Lipinski definition) is 1. The molecule has 0 bridgehead atoms. The van der Waals surface area contributed by atoms with Gasteiger partial charge in [-0.2, -0.15) is 11.8 Å². The first-order valence-corrected chi connectivity index (χ1v) is 6.82. The Kier molecular flexibility index (Phi) is 7.44. The van der Waals surface area contributed by atoms with Gasteiger partial charge in [0.15, 0.2) is 0 Å². The van der Waals surface area contributed by atoms with Gasteiger partial charge in [0, 0.05) is 13.1 Å². The predicted octanol–water partition coefficient (Wildman–Crippen LogP) is 1.75. The highest BCUT2D eigenvalue weighted by Crippen LogP contribution is 2.28. The molecule has 1 amide bonds. The standard InChI is InChI=1S/C11H22N2OS.ClH/c1-3-6-15-7-10(14)13-5-4-11(2,8-12)9-13;/h3-9,12H2,1-2H3;1H. The maximum absolute atomic E-state index is 11.8. The summed E-state index contributed by atoms with van der Waals surface area (Å²) in [5.74, 6) is 1.99. The van der Waals surface area contributed by atoms with Gasteiger partial charge in [-0.25, -0.2) is 0 Å². The fraction of sp³-hybridized carbons (Fsp3) is 0.909. The predicted molar refractivity (Wildman–Crippen MR) is 73.2 cm³/mol. The van der Waals surface area contributed by atoms with Gasteiger partial charge >= 0.3 is 0 Å². The summed E-state index contributed by atoms with van der Waals surface area (Å²) in [6, 6.07) is 0. The molecule has 0 aromatic rings. The molecule has 5 heteroatoms. The molecule has 2 N–H and O–H groups in total. The van der Waals surface area contributed by atoms with E-state index in [4.69, 9.17) is 5.73 Å². The second kappa shape index (κ2) is 7.41. The van der Waals surface area contributed by atoms with Gasteiger partial charge in [0.25, 0.3) is 0 Å². The van der Waals surface area contributed by atoms with Crippen molar-refractivity contribution in [2.75, 3.05) is 31.1 Å². The summed E-state index contributed by atoms with van der Waals surface area (Å²) >= 11 is 1.73. The molecule has 1 atom stereocenters. The highest BCUT2D eigenvalue weighted by atomic mass is 35.5. The van der Waals surface area contributed by atoms with Crippen LogP contribution in [0.4, 0.5) is 0 Å². The van der Waals surface area contributed by atoms with E-state index in [1.807, 2.05) is 4.90 Å². The van der Waals surface area contributed by atoms with E-state index in [1.165, 1.54) is 0 Å². The lowest BCUT2D eigenvalue weighted by molar-refractivity contribution is -0.127. The molecule has 0 saturated carbocycles. The second-order valence-corrected chi connectivity index (χ2v) is 5.74. The fourth-order valence-electron chi connectivity index (χ4n) is 1.80. The number of rotatable bonds is 5. The molecule has 1 aliphatic heterocycles. The zero-order valence-electron chi connectivity index (χ0n) is 10.2. The van der Waals surface area contributed by atoms with Crippen LogP contribution in [0.15, 0.2) is 0 Å². The molecule has 1 aliphatic rings. The van der Waals surface area contributed by atoms with E-state index < -0.39 is 0 Å². The summed E-state index contributed by atoms with van der Waals surface area (Å²) in [5.41, 5.74) is 5.87. The van der Waals surface area contributed by atoms with Crippen LogP contribution in [0, 0.1) is 5.41 Å². The molecule has 1 saturated heterocycles. The van der Waals surface area contributed by atoms with E-state index in [1.54, 1.807) is 11.8 Å². The molecule has 1 fully saturated rings. The minimum absolute atomic E-state index is 0. The molecule has 0 spiro atoms. The van der Waals surface area contributed by atoms with Gasteiger partial charge in [0.1, 0.15) is 0 Å². The minimum Gasteiger partial charge on any atom is -0.341 e. The van der Waals surface area contributed by atoms with Gasteiger partial charge in [0.05, 0.1) is 5.75 Å². The Bertz CT molecular complexity index is 228. The van der Waals surface area contributed by atoms with Gasteiger partial charge < -0.3 is 10.6 Å². The first-order chi connectivity index (χ1) is 7.11. The van der Waals surface area contributed by atoms with Crippen LogP contribution in [0.1, 0.15) is 26.7 Å². The van der Waals surface area contributed by atoms with E-state index in [0.717, 1.165) is 31.7 Å². The second-order valence-electron chi connectivity index (χ2n) is 4.63. The Labute approximate surface area is 109 Å². The van der Waals surface area contributed by atoms with Gasteiger partial charge in [-0.3, -0.25) is 4.79 Å². The number of carbonyl (C=O) groups is 1. The van der Waals surface area contributed by atoms with Crippen molar-refractivity contribution in [3.8, 4) is 0 Å². The van der Waals surface area contributed by atoms with E-state index in [9.17, 15) is 4.79 Å². The largest absolute Gasteiger partial charge is 0.341 e. The van der Waals surface area contributed by atoms with E-state index >= 15 is 0 Å². The Morgan fingerprint density at radius 2 is 2.25 bits per heavy atom. The van der Waals surface area contributed by atoms with Crippen molar-refractivity contribution in [3.63, 3.8) is 0 Å². The summed E-state index contributed by atoms with van der Waals surface area (Å²) < 4.78 is 0. The quantitative estimate of drug-likeness (QED) is 0.772. The summed E-state index contributed by atoms with van der Waals surface area (Å²) in [6.07, 6.45) is 2.19. The Morgan fingerprint density at radius 3 is 2.75 bits per heavy atom. The van der Waals surface area contributed by atoms with Gasteiger partial charge in [-0.1, -0.05) is 13.8 Å². The third kappa shape index (κ3) is 4.52. The summed E-state index contributed by atoms with van der Waals surface area (Å²) in [7, 11) is 0. The Hall–Kier alpha value is 0.0700. The van der Waals surface area contributed by atoms with Crippen molar-refractivity contribution in [1.82, 2.24) is 4.90 Å². The summed E-state index contributed by atoms with van der Waals surface area (Å²) in [6.45, 7) is 6.71. The van der Waals surface area contributed by atoms with E-state index in [0.29, 0.717) is 12.3 Å². The Balaban J connectivity index is 0.00000225. The minimum atomic E-state index is 0. The zero-order valence-corrected chi connectivity index (χ0v) is 11.8.